The third-order valence-corrected chi connectivity index (χ3v) is 8.05. The molecule has 0 spiro atoms. The Hall–Kier alpha value is -2.42. The summed E-state index contributed by atoms with van der Waals surface area (Å²) in [7, 11) is -3.29. The van der Waals surface area contributed by atoms with E-state index in [0.29, 0.717) is 12.5 Å². The molecule has 182 valence electrons. The number of ether oxygens (including phenoxy) is 1. The van der Waals surface area contributed by atoms with Crippen LogP contribution >= 0.6 is 0 Å². The summed E-state index contributed by atoms with van der Waals surface area (Å²) >= 11 is 0. The summed E-state index contributed by atoms with van der Waals surface area (Å²) in [4.78, 5) is 2.31. The number of nitrogens with zero attached hydrogens (tertiary/aromatic N) is 3. The van der Waals surface area contributed by atoms with Gasteiger partial charge in [0.1, 0.15) is 5.82 Å². The first-order chi connectivity index (χ1) is 16.5. The normalized spacial score (nSPS) is 26.1. The summed E-state index contributed by atoms with van der Waals surface area (Å²) in [6.07, 6.45) is 8.40. The molecule has 0 amide bonds. The van der Waals surface area contributed by atoms with Gasteiger partial charge in [-0.1, -0.05) is 36.4 Å². The van der Waals surface area contributed by atoms with Gasteiger partial charge in [0.15, 0.2) is 0 Å². The van der Waals surface area contributed by atoms with E-state index in [4.69, 9.17) is 4.74 Å². The highest BCUT2D eigenvalue weighted by molar-refractivity contribution is 7.88. The smallest absolute Gasteiger partial charge is 0.208 e. The van der Waals surface area contributed by atoms with Crippen LogP contribution in [0, 0.1) is 5.92 Å². The number of anilines is 1. The zero-order valence-electron chi connectivity index (χ0n) is 19.7. The summed E-state index contributed by atoms with van der Waals surface area (Å²) in [5, 5.41) is 4.48. The lowest BCUT2D eigenvalue weighted by Crippen LogP contribution is -2.53. The quantitative estimate of drug-likeness (QED) is 0.554. The van der Waals surface area contributed by atoms with Gasteiger partial charge in [0.25, 0.3) is 0 Å². The molecule has 3 aromatic rings. The van der Waals surface area contributed by atoms with E-state index in [9.17, 15) is 8.42 Å². The van der Waals surface area contributed by atoms with Gasteiger partial charge in [-0.2, -0.15) is 5.10 Å². The molecule has 2 aromatic heterocycles. The monoisotopic (exact) mass is 482 g/mol. The Labute approximate surface area is 202 Å². The van der Waals surface area contributed by atoms with E-state index in [0.717, 1.165) is 56.5 Å². The maximum atomic E-state index is 12.0. The van der Waals surface area contributed by atoms with Crippen LogP contribution in [0.2, 0.25) is 0 Å². The van der Waals surface area contributed by atoms with Crippen LogP contribution in [0.4, 0.5) is 5.82 Å². The third kappa shape index (κ3) is 5.45. The fourth-order valence-corrected chi connectivity index (χ4v) is 6.42. The molecule has 5 rings (SSSR count). The minimum absolute atomic E-state index is 0.0705. The van der Waals surface area contributed by atoms with E-state index in [1.165, 1.54) is 11.8 Å². The minimum atomic E-state index is -3.29. The summed E-state index contributed by atoms with van der Waals surface area (Å²) in [6, 6.07) is 18.8. The molecule has 0 bridgehead atoms. The van der Waals surface area contributed by atoms with E-state index < -0.39 is 10.0 Å². The maximum Gasteiger partial charge on any atom is 0.208 e. The highest BCUT2D eigenvalue weighted by atomic mass is 32.2. The topological polar surface area (TPSA) is 75.9 Å². The van der Waals surface area contributed by atoms with Crippen LogP contribution in [0.25, 0.3) is 5.52 Å². The highest BCUT2D eigenvalue weighted by Crippen LogP contribution is 2.34. The van der Waals surface area contributed by atoms with Crippen LogP contribution in [0.5, 0.6) is 0 Å². The molecule has 1 N–H and O–H groups in total. The number of hydrogen-bond donors (Lipinski definition) is 1. The van der Waals surface area contributed by atoms with Gasteiger partial charge >= 0.3 is 0 Å². The first kappa shape index (κ1) is 23.3. The lowest BCUT2D eigenvalue weighted by atomic mass is 9.82. The van der Waals surface area contributed by atoms with Gasteiger partial charge in [-0.15, -0.1) is 0 Å². The van der Waals surface area contributed by atoms with Crippen LogP contribution in [0.15, 0.2) is 60.8 Å². The number of benzene rings is 1. The molecule has 2 fully saturated rings. The molecular formula is C26H34N4O3S. The highest BCUT2D eigenvalue weighted by Gasteiger charge is 2.33. The van der Waals surface area contributed by atoms with Gasteiger partial charge in [0, 0.05) is 25.0 Å². The van der Waals surface area contributed by atoms with E-state index in [1.807, 2.05) is 28.9 Å². The number of aromatic nitrogens is 2. The molecule has 1 aromatic carbocycles. The molecule has 1 saturated carbocycles. The number of sulfonamides is 1. The van der Waals surface area contributed by atoms with Crippen molar-refractivity contribution in [1.29, 1.82) is 0 Å². The van der Waals surface area contributed by atoms with Crippen molar-refractivity contribution in [2.24, 2.45) is 5.92 Å². The van der Waals surface area contributed by atoms with E-state index in [2.05, 4.69) is 51.1 Å². The Balaban J connectivity index is 1.24. The molecule has 1 aliphatic carbocycles. The van der Waals surface area contributed by atoms with Crippen LogP contribution in [-0.4, -0.2) is 56.1 Å². The Morgan fingerprint density at radius 2 is 1.79 bits per heavy atom. The second kappa shape index (κ2) is 10.1. The van der Waals surface area contributed by atoms with Crippen LogP contribution in [0.3, 0.4) is 0 Å². The van der Waals surface area contributed by atoms with Crippen molar-refractivity contribution in [1.82, 2.24) is 14.3 Å². The average Bonchev–Trinajstić information content (AvgIpc) is 3.33. The van der Waals surface area contributed by atoms with Crippen LogP contribution < -0.4 is 9.62 Å². The summed E-state index contributed by atoms with van der Waals surface area (Å²) in [5.41, 5.74) is 2.48. The standard InChI is InChI=1S/C26H34N4O3S/c1-34(31,32)28-25-15-17-29(26-9-5-8-23-14-16-27-30(23)26)18-22(25)19-33-24-12-10-21(11-13-24)20-6-3-2-4-7-20/h2-9,14,16,21-22,24-25,28H,10-13,15,17-19H2,1H3/t21?,22-,24?,25-/m0/s1. The molecule has 2 atom stereocenters. The van der Waals surface area contributed by atoms with Crippen molar-refractivity contribution >= 4 is 21.4 Å². The number of hydrogen-bond acceptors (Lipinski definition) is 5. The van der Waals surface area contributed by atoms with Crippen molar-refractivity contribution in [2.45, 2.75) is 50.2 Å². The summed E-state index contributed by atoms with van der Waals surface area (Å²) in [6.45, 7) is 2.05. The maximum absolute atomic E-state index is 12.0. The number of piperidine rings is 1. The Kier molecular flexibility index (Phi) is 6.90. The summed E-state index contributed by atoms with van der Waals surface area (Å²) in [5.74, 6) is 1.72. The van der Waals surface area contributed by atoms with E-state index >= 15 is 0 Å². The molecule has 0 unspecified atom stereocenters. The van der Waals surface area contributed by atoms with Gasteiger partial charge in [0.05, 0.1) is 30.7 Å². The zero-order chi connectivity index (χ0) is 23.5. The molecule has 1 aliphatic heterocycles. The lowest BCUT2D eigenvalue weighted by molar-refractivity contribution is -0.00215. The fourth-order valence-electron chi connectivity index (χ4n) is 5.56. The second-order valence-corrected chi connectivity index (χ2v) is 11.5. The van der Waals surface area contributed by atoms with Crippen molar-refractivity contribution < 1.29 is 13.2 Å². The molecule has 8 heteroatoms. The molecule has 34 heavy (non-hydrogen) atoms. The van der Waals surface area contributed by atoms with E-state index in [1.54, 1.807) is 0 Å². The molecule has 0 radical (unpaired) electrons. The first-order valence-electron chi connectivity index (χ1n) is 12.3. The predicted molar refractivity (Wildman–Crippen MR) is 135 cm³/mol. The lowest BCUT2D eigenvalue weighted by Gasteiger charge is -2.40. The molecular weight excluding hydrogens is 448 g/mol. The van der Waals surface area contributed by atoms with Crippen molar-refractivity contribution in [2.75, 3.05) is 30.9 Å². The second-order valence-electron chi connectivity index (χ2n) is 9.76. The number of nitrogens with one attached hydrogen (secondary N) is 1. The predicted octanol–water partition coefficient (Wildman–Crippen LogP) is 3.82. The first-order valence-corrected chi connectivity index (χ1v) is 14.2. The fraction of sp³-hybridized carbons (Fsp3) is 0.500. The van der Waals surface area contributed by atoms with Gasteiger partial charge in [-0.25, -0.2) is 17.7 Å². The van der Waals surface area contributed by atoms with Crippen LogP contribution in [0.1, 0.15) is 43.6 Å². The average molecular weight is 483 g/mol. The molecule has 3 heterocycles. The minimum Gasteiger partial charge on any atom is -0.378 e. The summed E-state index contributed by atoms with van der Waals surface area (Å²) < 4.78 is 35.3. The Morgan fingerprint density at radius 3 is 2.56 bits per heavy atom. The SMILES string of the molecule is CS(=O)(=O)N[C@H]1CCN(c2cccc3ccnn23)C[C@H]1COC1CCC(c2ccccc2)CC1. The number of fused-ring (bicyclic) bond motifs is 1. The van der Waals surface area contributed by atoms with Gasteiger partial charge in [0.2, 0.25) is 10.0 Å². The number of pyridine rings is 1. The Bertz CT molecular complexity index is 1190. The third-order valence-electron chi connectivity index (χ3n) is 7.32. The zero-order valence-corrected chi connectivity index (χ0v) is 20.5. The van der Waals surface area contributed by atoms with Crippen molar-refractivity contribution in [3.05, 3.63) is 66.4 Å². The van der Waals surface area contributed by atoms with Gasteiger partial charge in [-0.05, 0) is 61.8 Å². The van der Waals surface area contributed by atoms with E-state index in [-0.39, 0.29) is 18.1 Å². The molecule has 1 saturated heterocycles. The van der Waals surface area contributed by atoms with Crippen molar-refractivity contribution in [3.8, 4) is 0 Å². The van der Waals surface area contributed by atoms with Crippen molar-refractivity contribution in [3.63, 3.8) is 0 Å². The van der Waals surface area contributed by atoms with Crippen LogP contribution in [-0.2, 0) is 14.8 Å². The van der Waals surface area contributed by atoms with Gasteiger partial charge < -0.3 is 9.64 Å². The number of rotatable bonds is 7. The molecule has 2 aliphatic rings. The Morgan fingerprint density at radius 1 is 1.00 bits per heavy atom. The van der Waals surface area contributed by atoms with Gasteiger partial charge in [-0.3, -0.25) is 0 Å². The largest absolute Gasteiger partial charge is 0.378 e. The molecule has 7 nitrogen and oxygen atoms in total.